The Balaban J connectivity index is 2.32. The van der Waals surface area contributed by atoms with Gasteiger partial charge in [0.25, 0.3) is 0 Å². The number of carbonyl (C=O) groups excluding carboxylic acids is 1. The van der Waals surface area contributed by atoms with Crippen molar-refractivity contribution in [3.63, 3.8) is 0 Å². The molecule has 0 bridgehead atoms. The summed E-state index contributed by atoms with van der Waals surface area (Å²) in [4.78, 5) is 13.3. The number of aromatic hydroxyl groups is 1. The van der Waals surface area contributed by atoms with Crippen LogP contribution < -0.4 is 0 Å². The summed E-state index contributed by atoms with van der Waals surface area (Å²) in [6, 6.07) is 5.51. The average molecular weight is 287 g/mol. The van der Waals surface area contributed by atoms with E-state index in [1.54, 1.807) is 37.3 Å². The molecule has 5 nitrogen and oxygen atoms in total. The molecule has 0 aliphatic carbocycles. The highest BCUT2D eigenvalue weighted by molar-refractivity contribution is 5.79. The molecule has 112 valence electrons. The summed E-state index contributed by atoms with van der Waals surface area (Å²) in [6.07, 6.45) is 3.95. The zero-order valence-corrected chi connectivity index (χ0v) is 12.9. The number of amides is 1. The number of hydrogen-bond donors (Lipinski definition) is 1. The molecule has 0 saturated heterocycles. The Bertz CT molecular complexity index is 645. The summed E-state index contributed by atoms with van der Waals surface area (Å²) < 4.78 is 1.84. The van der Waals surface area contributed by atoms with Crippen molar-refractivity contribution >= 4 is 5.91 Å². The number of rotatable bonds is 4. The normalized spacial score (nSPS) is 10.9. The first-order chi connectivity index (χ1) is 9.88. The Morgan fingerprint density at radius 3 is 2.67 bits per heavy atom. The fraction of sp³-hybridized carbons (Fsp3) is 0.375. The lowest BCUT2D eigenvalue weighted by atomic mass is 10.0. The second-order valence-corrected chi connectivity index (χ2v) is 5.62. The van der Waals surface area contributed by atoms with Crippen LogP contribution in [0.25, 0.3) is 11.1 Å². The predicted octanol–water partition coefficient (Wildman–Crippen LogP) is 2.47. The molecule has 21 heavy (non-hydrogen) atoms. The summed E-state index contributed by atoms with van der Waals surface area (Å²) >= 11 is 0. The van der Waals surface area contributed by atoms with Crippen LogP contribution in [-0.2, 0) is 11.2 Å². The highest BCUT2D eigenvalue weighted by Gasteiger charge is 2.12. The molecule has 1 N–H and O–H groups in total. The van der Waals surface area contributed by atoms with Gasteiger partial charge < -0.3 is 10.0 Å². The van der Waals surface area contributed by atoms with Gasteiger partial charge in [0.15, 0.2) is 0 Å². The minimum atomic E-state index is 0.0320. The number of carbonyl (C=O) groups is 1. The van der Waals surface area contributed by atoms with Crippen molar-refractivity contribution in [2.24, 2.45) is 0 Å². The Hall–Kier alpha value is -2.30. The third-order valence-electron chi connectivity index (χ3n) is 3.36. The Kier molecular flexibility index (Phi) is 4.31. The molecule has 0 aliphatic heterocycles. The van der Waals surface area contributed by atoms with Crippen LogP contribution in [0.3, 0.4) is 0 Å². The molecule has 1 heterocycles. The zero-order chi connectivity index (χ0) is 15.6. The van der Waals surface area contributed by atoms with E-state index < -0.39 is 0 Å². The highest BCUT2D eigenvalue weighted by atomic mass is 16.3. The van der Waals surface area contributed by atoms with Crippen LogP contribution in [0.4, 0.5) is 0 Å². The van der Waals surface area contributed by atoms with Gasteiger partial charge in [-0.25, -0.2) is 0 Å². The molecule has 0 aliphatic rings. The van der Waals surface area contributed by atoms with Gasteiger partial charge in [0.05, 0.1) is 12.6 Å². The van der Waals surface area contributed by atoms with Gasteiger partial charge in [0.1, 0.15) is 5.75 Å². The monoisotopic (exact) mass is 287 g/mol. The number of phenols is 1. The van der Waals surface area contributed by atoms with Gasteiger partial charge >= 0.3 is 0 Å². The molecule has 0 atom stereocenters. The third-order valence-corrected chi connectivity index (χ3v) is 3.36. The molecule has 5 heteroatoms. The van der Waals surface area contributed by atoms with Crippen LogP contribution >= 0.6 is 0 Å². The molecule has 1 aromatic carbocycles. The minimum absolute atomic E-state index is 0.0320. The van der Waals surface area contributed by atoms with E-state index in [2.05, 4.69) is 5.10 Å². The fourth-order valence-corrected chi connectivity index (χ4v) is 2.02. The summed E-state index contributed by atoms with van der Waals surface area (Å²) in [5.74, 6) is 0.226. The van der Waals surface area contributed by atoms with Crippen LogP contribution in [0.1, 0.15) is 25.5 Å². The van der Waals surface area contributed by atoms with E-state index in [9.17, 15) is 9.90 Å². The van der Waals surface area contributed by atoms with Crippen molar-refractivity contribution in [2.45, 2.75) is 26.3 Å². The zero-order valence-electron chi connectivity index (χ0n) is 12.9. The molecule has 0 radical (unpaired) electrons. The molecule has 1 aromatic heterocycles. The number of benzene rings is 1. The van der Waals surface area contributed by atoms with E-state index in [-0.39, 0.29) is 17.7 Å². The van der Waals surface area contributed by atoms with Crippen LogP contribution in [-0.4, -0.2) is 39.8 Å². The Morgan fingerprint density at radius 1 is 1.38 bits per heavy atom. The standard InChI is InChI=1S/C16H21N3O2/c1-11(2)19-10-13(9-17-19)14-7-12(5-6-15(14)20)8-16(21)18(3)4/h5-7,9-11,20H,8H2,1-4H3. The van der Waals surface area contributed by atoms with E-state index in [1.165, 1.54) is 0 Å². The predicted molar refractivity (Wildman–Crippen MR) is 82.1 cm³/mol. The minimum Gasteiger partial charge on any atom is -0.507 e. The van der Waals surface area contributed by atoms with Gasteiger partial charge in [-0.05, 0) is 31.5 Å². The molecule has 2 aromatic rings. The fourth-order valence-electron chi connectivity index (χ4n) is 2.02. The van der Waals surface area contributed by atoms with Gasteiger partial charge in [0.2, 0.25) is 5.91 Å². The van der Waals surface area contributed by atoms with Crippen molar-refractivity contribution in [2.75, 3.05) is 14.1 Å². The molecule has 0 unspecified atom stereocenters. The maximum atomic E-state index is 11.8. The van der Waals surface area contributed by atoms with Crippen molar-refractivity contribution in [3.05, 3.63) is 36.2 Å². The quantitative estimate of drug-likeness (QED) is 0.939. The summed E-state index contributed by atoms with van der Waals surface area (Å²) in [5, 5.41) is 14.3. The average Bonchev–Trinajstić information content (AvgIpc) is 2.90. The van der Waals surface area contributed by atoms with Crippen LogP contribution in [0.5, 0.6) is 5.75 Å². The highest BCUT2D eigenvalue weighted by Crippen LogP contribution is 2.30. The lowest BCUT2D eigenvalue weighted by molar-refractivity contribution is -0.127. The molecular formula is C16H21N3O2. The largest absolute Gasteiger partial charge is 0.507 e. The molecule has 2 rings (SSSR count). The molecular weight excluding hydrogens is 266 g/mol. The molecule has 1 amide bonds. The number of hydrogen-bond acceptors (Lipinski definition) is 3. The van der Waals surface area contributed by atoms with Gasteiger partial charge in [-0.3, -0.25) is 9.48 Å². The van der Waals surface area contributed by atoms with Crippen LogP contribution in [0.15, 0.2) is 30.6 Å². The van der Waals surface area contributed by atoms with E-state index in [1.807, 2.05) is 30.8 Å². The van der Waals surface area contributed by atoms with Crippen molar-refractivity contribution in [1.29, 1.82) is 0 Å². The lowest BCUT2D eigenvalue weighted by Gasteiger charge is -2.11. The van der Waals surface area contributed by atoms with E-state index in [0.29, 0.717) is 12.0 Å². The smallest absolute Gasteiger partial charge is 0.226 e. The Morgan fingerprint density at radius 2 is 2.10 bits per heavy atom. The van der Waals surface area contributed by atoms with Gasteiger partial charge in [-0.15, -0.1) is 0 Å². The molecule has 0 fully saturated rings. The summed E-state index contributed by atoms with van der Waals surface area (Å²) in [7, 11) is 3.46. The topological polar surface area (TPSA) is 58.4 Å². The first-order valence-electron chi connectivity index (χ1n) is 6.95. The summed E-state index contributed by atoms with van der Waals surface area (Å²) in [6.45, 7) is 4.09. The van der Waals surface area contributed by atoms with Crippen molar-refractivity contribution in [3.8, 4) is 16.9 Å². The Labute approximate surface area is 124 Å². The number of nitrogens with zero attached hydrogens (tertiary/aromatic N) is 3. The summed E-state index contributed by atoms with van der Waals surface area (Å²) in [5.41, 5.74) is 2.42. The third kappa shape index (κ3) is 3.42. The van der Waals surface area contributed by atoms with Crippen LogP contribution in [0, 0.1) is 0 Å². The first kappa shape index (κ1) is 15.1. The molecule has 0 spiro atoms. The van der Waals surface area contributed by atoms with Crippen molar-refractivity contribution in [1.82, 2.24) is 14.7 Å². The SMILES string of the molecule is CC(C)n1cc(-c2cc(CC(=O)N(C)C)ccc2O)cn1. The van der Waals surface area contributed by atoms with E-state index in [0.717, 1.165) is 11.1 Å². The van der Waals surface area contributed by atoms with E-state index >= 15 is 0 Å². The van der Waals surface area contributed by atoms with Gasteiger partial charge in [-0.1, -0.05) is 6.07 Å². The number of phenolic OH excluding ortho intramolecular Hbond substituents is 1. The van der Waals surface area contributed by atoms with Crippen molar-refractivity contribution < 1.29 is 9.90 Å². The lowest BCUT2D eigenvalue weighted by Crippen LogP contribution is -2.23. The van der Waals surface area contributed by atoms with Gasteiger partial charge in [0, 0.05) is 37.5 Å². The maximum absolute atomic E-state index is 11.8. The van der Waals surface area contributed by atoms with Crippen LogP contribution in [0.2, 0.25) is 0 Å². The van der Waals surface area contributed by atoms with E-state index in [4.69, 9.17) is 0 Å². The maximum Gasteiger partial charge on any atom is 0.226 e. The number of likely N-dealkylation sites (N-methyl/N-ethyl adjacent to an activating group) is 1. The first-order valence-corrected chi connectivity index (χ1v) is 6.95. The number of aromatic nitrogens is 2. The second-order valence-electron chi connectivity index (χ2n) is 5.62. The second kappa shape index (κ2) is 5.99. The molecule has 0 saturated carbocycles. The van der Waals surface area contributed by atoms with Gasteiger partial charge in [-0.2, -0.15) is 5.10 Å².